The molecular formula is C80H54N20O4. The Morgan fingerprint density at radius 2 is 0.471 bits per heavy atom. The number of benzene rings is 8. The molecule has 8 aromatic carbocycles. The van der Waals surface area contributed by atoms with Crippen LogP contribution in [0.4, 0.5) is 0 Å². The van der Waals surface area contributed by atoms with Crippen LogP contribution in [0.15, 0.2) is 239 Å². The third-order valence-corrected chi connectivity index (χ3v) is 17.5. The number of hydrogen-bond donors (Lipinski definition) is 10. The van der Waals surface area contributed by atoms with E-state index >= 15 is 0 Å². The summed E-state index contributed by atoms with van der Waals surface area (Å²) >= 11 is 0. The van der Waals surface area contributed by atoms with Crippen LogP contribution in [0.25, 0.3) is 135 Å². The van der Waals surface area contributed by atoms with Crippen LogP contribution in [0.5, 0.6) is 0 Å². The number of para-hydroxylation sites is 8. The van der Waals surface area contributed by atoms with Crippen molar-refractivity contribution in [3.63, 3.8) is 0 Å². The van der Waals surface area contributed by atoms with Crippen molar-refractivity contribution < 1.29 is 19.2 Å². The summed E-state index contributed by atoms with van der Waals surface area (Å²) in [7, 11) is 0. The van der Waals surface area contributed by atoms with Crippen LogP contribution in [-0.2, 0) is 0 Å². The highest BCUT2D eigenvalue weighted by molar-refractivity contribution is 6.04. The molecular weight excluding hydrogens is 1310 g/mol. The molecule has 0 atom stereocenters. The lowest BCUT2D eigenvalue weighted by Gasteiger charge is -2.08. The quantitative estimate of drug-likeness (QED) is 0.0322. The molecule has 24 nitrogen and oxygen atoms in total. The molecule has 498 valence electrons. The first kappa shape index (κ1) is 62.3. The first-order valence-electron chi connectivity index (χ1n) is 32.8. The van der Waals surface area contributed by atoms with E-state index in [9.17, 15) is 19.2 Å². The van der Waals surface area contributed by atoms with Gasteiger partial charge < -0.3 is 29.9 Å². The average molecular weight is 1360 g/mol. The van der Waals surface area contributed by atoms with E-state index in [1.165, 1.54) is 24.9 Å². The SMILES string of the molecule is O=C(N/N=C/c1nc2ccccc2[nH]1)c1ccc(-c2c3nc(c(-c4ccc(C(=O)N/N=C/c5nc6ccccc6[nH]5)cc4)c4ccc([nH]4)c(-c4ccc(C(=O)N/N=C/c5nc6ccccc6[nH]5)cc4)c4nc(c(-c5ccc(C(=O)N/N=C/c6nc7ccccc7[nH]6)cc5)c5ccc2[nH]5)C=C4)C=C3)cc1. The van der Waals surface area contributed by atoms with Gasteiger partial charge in [0.2, 0.25) is 0 Å². The Balaban J connectivity index is 0.782. The van der Waals surface area contributed by atoms with Crippen LogP contribution < -0.4 is 21.7 Å². The number of carbonyl (C=O) groups is 4. The molecule has 0 radical (unpaired) electrons. The van der Waals surface area contributed by atoms with E-state index in [1.807, 2.05) is 194 Å². The zero-order chi connectivity index (χ0) is 70.0. The Bertz CT molecular complexity index is 5430. The lowest BCUT2D eigenvalue weighted by atomic mass is 10.0. The number of hydrogen-bond acceptors (Lipinski definition) is 14. The molecule has 0 fully saturated rings. The van der Waals surface area contributed by atoms with Gasteiger partial charge in [0.05, 0.1) is 91.8 Å². The molecule has 4 amide bonds. The maximum Gasteiger partial charge on any atom is 0.271 e. The smallest absolute Gasteiger partial charge is 0.271 e. The second-order valence-electron chi connectivity index (χ2n) is 24.2. The summed E-state index contributed by atoms with van der Waals surface area (Å²) in [5, 5.41) is 16.8. The maximum absolute atomic E-state index is 13.7. The molecule has 17 rings (SSSR count). The number of imidazole rings is 4. The highest BCUT2D eigenvalue weighted by Gasteiger charge is 2.22. The zero-order valence-corrected chi connectivity index (χ0v) is 54.5. The van der Waals surface area contributed by atoms with E-state index in [2.05, 4.69) is 91.9 Å². The molecule has 0 saturated heterocycles. The zero-order valence-electron chi connectivity index (χ0n) is 54.5. The van der Waals surface area contributed by atoms with Gasteiger partial charge in [-0.2, -0.15) is 20.4 Å². The molecule has 24 heteroatoms. The van der Waals surface area contributed by atoms with Crippen molar-refractivity contribution in [1.82, 2.24) is 81.5 Å². The number of hydrazone groups is 4. The summed E-state index contributed by atoms with van der Waals surface area (Å²) in [6.45, 7) is 0. The van der Waals surface area contributed by atoms with E-state index < -0.39 is 23.6 Å². The van der Waals surface area contributed by atoms with Gasteiger partial charge in [-0.05, 0) is 168 Å². The van der Waals surface area contributed by atoms with Crippen molar-refractivity contribution in [1.29, 1.82) is 0 Å². The predicted octanol–water partition coefficient (Wildman–Crippen LogP) is 13.9. The van der Waals surface area contributed by atoms with Gasteiger partial charge >= 0.3 is 0 Å². The van der Waals surface area contributed by atoms with Crippen molar-refractivity contribution in [2.75, 3.05) is 0 Å². The molecule has 0 spiro atoms. The highest BCUT2D eigenvalue weighted by Crippen LogP contribution is 2.39. The monoisotopic (exact) mass is 1360 g/mol. The van der Waals surface area contributed by atoms with Crippen molar-refractivity contribution in [2.45, 2.75) is 0 Å². The second kappa shape index (κ2) is 26.9. The van der Waals surface area contributed by atoms with Crippen molar-refractivity contribution >= 4 is 139 Å². The van der Waals surface area contributed by atoms with E-state index in [0.717, 1.165) is 66.4 Å². The molecule has 2 aliphatic heterocycles. The summed E-state index contributed by atoms with van der Waals surface area (Å²) < 4.78 is 0. The third-order valence-electron chi connectivity index (χ3n) is 17.5. The standard InChI is InChI=1S/C80H54N20O4/c101-77(97-81-41-69-89-53-9-1-2-10-54(53)90-69)49-25-17-45(18-26-49)73-61-33-35-63(85-61)74(46-19-27-50(28-20-46)78(102)98-82-42-70-91-55-11-3-4-12-56(55)92-70)65-37-39-67(87-65)76(48-23-31-52(32-24-48)80(104)100-84-44-72-95-59-15-7-8-16-60(59)96-72)68-40-38-66(88-68)75(64-36-34-62(73)86-64)47-21-29-51(30-22-47)79(103)99-83-43-71-93-57-13-5-6-14-58(57)94-71/h1-44,85,88H,(H,89,90)(H,91,92)(H,93,94)(H,95,96)(H,97,101)(H,98,102)(H,99,103)(H,100,104)/b73-61?,73-62?,74-63?,74-65?,75-64?,75-66?,76-67?,76-68?,81-41+,82-42+,83-43+,84-44+. The Labute approximate surface area is 588 Å². The Morgan fingerprint density at radius 1 is 0.250 bits per heavy atom. The maximum atomic E-state index is 13.7. The number of carbonyl (C=O) groups excluding carboxylic acids is 4. The molecule has 10 N–H and O–H groups in total. The van der Waals surface area contributed by atoms with E-state index in [-0.39, 0.29) is 0 Å². The number of nitrogens with one attached hydrogen (secondary N) is 10. The molecule has 0 aliphatic carbocycles. The lowest BCUT2D eigenvalue weighted by Crippen LogP contribution is -2.17. The van der Waals surface area contributed by atoms with Gasteiger partial charge in [-0.3, -0.25) is 19.2 Å². The fourth-order valence-corrected chi connectivity index (χ4v) is 12.6. The fourth-order valence-electron chi connectivity index (χ4n) is 12.6. The van der Waals surface area contributed by atoms with Crippen molar-refractivity contribution in [3.8, 4) is 44.5 Å². The van der Waals surface area contributed by atoms with Gasteiger partial charge in [-0.25, -0.2) is 51.6 Å². The number of fused-ring (bicyclic) bond motifs is 12. The Kier molecular flexibility index (Phi) is 16.1. The molecule has 15 aromatic rings. The highest BCUT2D eigenvalue weighted by atomic mass is 16.2. The first-order valence-corrected chi connectivity index (χ1v) is 32.8. The van der Waals surface area contributed by atoms with Gasteiger partial charge in [0.25, 0.3) is 23.6 Å². The minimum absolute atomic E-state index is 0.350. The van der Waals surface area contributed by atoms with Crippen molar-refractivity contribution in [3.05, 3.63) is 287 Å². The summed E-state index contributed by atoms with van der Waals surface area (Å²) in [6, 6.07) is 67.0. The number of H-pyrrole nitrogens is 6. The predicted molar refractivity (Wildman–Crippen MR) is 405 cm³/mol. The average Bonchev–Trinajstić information content (AvgIpc) is 1.61. The van der Waals surface area contributed by atoms with Crippen LogP contribution in [0.3, 0.4) is 0 Å². The minimum atomic E-state index is -0.437. The summed E-state index contributed by atoms with van der Waals surface area (Å²) in [4.78, 5) is 104. The van der Waals surface area contributed by atoms with Gasteiger partial charge in [0, 0.05) is 66.6 Å². The number of rotatable bonds is 16. The van der Waals surface area contributed by atoms with Gasteiger partial charge in [0.1, 0.15) is 0 Å². The first-order chi connectivity index (χ1) is 51.1. The van der Waals surface area contributed by atoms with Crippen molar-refractivity contribution in [2.24, 2.45) is 20.4 Å². The number of aromatic nitrogens is 12. The van der Waals surface area contributed by atoms with Gasteiger partial charge in [0.15, 0.2) is 23.3 Å². The van der Waals surface area contributed by atoms with E-state index in [1.54, 1.807) is 48.5 Å². The summed E-state index contributed by atoms with van der Waals surface area (Å²) in [6.07, 6.45) is 13.6. The summed E-state index contributed by atoms with van der Waals surface area (Å²) in [5.41, 5.74) is 29.1. The van der Waals surface area contributed by atoms with E-state index in [0.29, 0.717) is 113 Å². The lowest BCUT2D eigenvalue weighted by molar-refractivity contribution is 0.0947. The van der Waals surface area contributed by atoms with E-state index in [4.69, 9.17) is 9.97 Å². The molecule has 9 heterocycles. The van der Waals surface area contributed by atoms with Gasteiger partial charge in [-0.1, -0.05) is 97.1 Å². The molecule has 0 unspecified atom stereocenters. The van der Waals surface area contributed by atoms with Crippen LogP contribution in [0.1, 0.15) is 87.5 Å². The molecule has 104 heavy (non-hydrogen) atoms. The third kappa shape index (κ3) is 12.6. The summed E-state index contributed by atoms with van der Waals surface area (Å²) in [5.74, 6) is 0.187. The fraction of sp³-hybridized carbons (Fsp3) is 0. The molecule has 8 bridgehead atoms. The van der Waals surface area contributed by atoms with Crippen LogP contribution in [0.2, 0.25) is 0 Å². The molecule has 7 aromatic heterocycles. The molecule has 2 aliphatic rings. The Hall–Kier alpha value is -15.2. The number of aromatic amines is 6. The van der Waals surface area contributed by atoms with Crippen LogP contribution in [-0.4, -0.2) is 108 Å². The normalized spacial score (nSPS) is 12.2. The largest absolute Gasteiger partial charge is 0.354 e. The van der Waals surface area contributed by atoms with Gasteiger partial charge in [-0.15, -0.1) is 0 Å². The Morgan fingerprint density at radius 3 is 0.692 bits per heavy atom. The molecule has 0 saturated carbocycles. The minimum Gasteiger partial charge on any atom is -0.354 e. The number of nitrogens with zero attached hydrogens (tertiary/aromatic N) is 10. The second-order valence-corrected chi connectivity index (χ2v) is 24.2. The number of amides is 4. The van der Waals surface area contributed by atoms with Crippen LogP contribution in [0, 0.1) is 0 Å². The topological polar surface area (TPSA) is 338 Å². The van der Waals surface area contributed by atoms with Crippen LogP contribution >= 0.6 is 0 Å².